The second-order valence-corrected chi connectivity index (χ2v) is 10.3. The first-order valence-electron chi connectivity index (χ1n) is 5.29. The molecule has 1 unspecified atom stereocenters. The van der Waals surface area contributed by atoms with Crippen LogP contribution >= 0.6 is 0 Å². The van der Waals surface area contributed by atoms with Crippen LogP contribution in [0, 0.1) is 11.3 Å². The lowest BCUT2D eigenvalue weighted by Crippen LogP contribution is -2.58. The summed E-state index contributed by atoms with van der Waals surface area (Å²) in [6, 6.07) is 1.30. The molecule has 0 amide bonds. The number of hydrogen-bond donors (Lipinski definition) is 0. The van der Waals surface area contributed by atoms with Gasteiger partial charge in [0, 0.05) is 0 Å². The number of hydrogen-bond acceptors (Lipinski definition) is 1. The van der Waals surface area contributed by atoms with Gasteiger partial charge in [-0.05, 0) is 44.3 Å². The van der Waals surface area contributed by atoms with Crippen LogP contribution in [0.5, 0.6) is 0 Å². The molecule has 0 spiro atoms. The van der Waals surface area contributed by atoms with Gasteiger partial charge >= 0.3 is 0 Å². The standard InChI is InChI=1S/C11H24OSi/c1-9-8-13(6,7)12-11(4,5)10(9,2)3/h9H,8H2,1-7H3. The quantitative estimate of drug-likeness (QED) is 0.542. The first-order valence-corrected chi connectivity index (χ1v) is 8.40. The fourth-order valence-electron chi connectivity index (χ4n) is 2.45. The molecular formula is C11H24OSi. The maximum Gasteiger partial charge on any atom is 0.187 e. The van der Waals surface area contributed by atoms with E-state index in [1.165, 1.54) is 6.04 Å². The molecule has 2 heteroatoms. The van der Waals surface area contributed by atoms with Crippen molar-refractivity contribution in [2.24, 2.45) is 11.3 Å². The third kappa shape index (κ3) is 1.84. The molecule has 0 aromatic heterocycles. The van der Waals surface area contributed by atoms with Crippen LogP contribution in [0.4, 0.5) is 0 Å². The third-order valence-electron chi connectivity index (χ3n) is 4.11. The Morgan fingerprint density at radius 1 is 1.15 bits per heavy atom. The molecule has 1 saturated heterocycles. The van der Waals surface area contributed by atoms with E-state index >= 15 is 0 Å². The second kappa shape index (κ2) is 2.83. The summed E-state index contributed by atoms with van der Waals surface area (Å²) in [5.41, 5.74) is 0.343. The van der Waals surface area contributed by atoms with E-state index in [0.29, 0.717) is 5.41 Å². The SMILES string of the molecule is CC1C[Si](C)(C)OC(C)(C)C1(C)C. The largest absolute Gasteiger partial charge is 0.412 e. The monoisotopic (exact) mass is 200 g/mol. The van der Waals surface area contributed by atoms with Gasteiger partial charge in [0.05, 0.1) is 5.60 Å². The number of rotatable bonds is 0. The Bertz CT molecular complexity index is 206. The molecule has 1 rings (SSSR count). The molecule has 13 heavy (non-hydrogen) atoms. The second-order valence-electron chi connectivity index (χ2n) is 6.20. The Morgan fingerprint density at radius 2 is 1.62 bits per heavy atom. The summed E-state index contributed by atoms with van der Waals surface area (Å²) in [6.45, 7) is 16.2. The van der Waals surface area contributed by atoms with Gasteiger partial charge in [-0.1, -0.05) is 20.8 Å². The molecule has 0 aromatic carbocycles. The van der Waals surface area contributed by atoms with Crippen LogP contribution in [0.25, 0.3) is 0 Å². The van der Waals surface area contributed by atoms with Gasteiger partial charge < -0.3 is 4.43 Å². The van der Waals surface area contributed by atoms with Gasteiger partial charge in [-0.2, -0.15) is 0 Å². The van der Waals surface area contributed by atoms with Crippen molar-refractivity contribution in [2.75, 3.05) is 0 Å². The van der Waals surface area contributed by atoms with Crippen LogP contribution in [0.1, 0.15) is 34.6 Å². The van der Waals surface area contributed by atoms with Crippen LogP contribution < -0.4 is 0 Å². The molecule has 1 aliphatic rings. The van der Waals surface area contributed by atoms with Crippen molar-refractivity contribution < 1.29 is 4.43 Å². The lowest BCUT2D eigenvalue weighted by Gasteiger charge is -2.55. The topological polar surface area (TPSA) is 9.23 Å². The van der Waals surface area contributed by atoms with E-state index < -0.39 is 8.32 Å². The average molecular weight is 200 g/mol. The minimum absolute atomic E-state index is 0.0421. The lowest BCUT2D eigenvalue weighted by molar-refractivity contribution is -0.0680. The minimum atomic E-state index is -1.38. The van der Waals surface area contributed by atoms with E-state index in [9.17, 15) is 0 Å². The summed E-state index contributed by atoms with van der Waals surface area (Å²) < 4.78 is 6.29. The fourth-order valence-corrected chi connectivity index (χ4v) is 6.16. The van der Waals surface area contributed by atoms with Crippen molar-refractivity contribution in [1.82, 2.24) is 0 Å². The zero-order valence-corrected chi connectivity index (χ0v) is 11.2. The van der Waals surface area contributed by atoms with E-state index in [1.54, 1.807) is 0 Å². The van der Waals surface area contributed by atoms with Crippen LogP contribution in [0.15, 0.2) is 0 Å². The Morgan fingerprint density at radius 3 is 2.00 bits per heavy atom. The molecule has 0 aliphatic carbocycles. The van der Waals surface area contributed by atoms with Crippen molar-refractivity contribution in [3.05, 3.63) is 0 Å². The van der Waals surface area contributed by atoms with E-state index in [-0.39, 0.29) is 5.60 Å². The van der Waals surface area contributed by atoms with Crippen molar-refractivity contribution in [1.29, 1.82) is 0 Å². The summed E-state index contributed by atoms with van der Waals surface area (Å²) in [4.78, 5) is 0. The Labute approximate surface area is 84.0 Å². The highest BCUT2D eigenvalue weighted by Gasteiger charge is 2.51. The zero-order valence-electron chi connectivity index (χ0n) is 10.2. The van der Waals surface area contributed by atoms with Gasteiger partial charge in [0.2, 0.25) is 0 Å². The molecule has 0 N–H and O–H groups in total. The first-order chi connectivity index (χ1) is 5.58. The van der Waals surface area contributed by atoms with Crippen molar-refractivity contribution in [3.8, 4) is 0 Å². The van der Waals surface area contributed by atoms with Crippen LogP contribution in [0.3, 0.4) is 0 Å². The van der Waals surface area contributed by atoms with Gasteiger partial charge in [-0.3, -0.25) is 0 Å². The summed E-state index contributed by atoms with van der Waals surface area (Å²) >= 11 is 0. The summed E-state index contributed by atoms with van der Waals surface area (Å²) in [6.07, 6.45) is 0. The van der Waals surface area contributed by atoms with E-state index in [0.717, 1.165) is 5.92 Å². The smallest absolute Gasteiger partial charge is 0.187 e. The van der Waals surface area contributed by atoms with Crippen molar-refractivity contribution in [2.45, 2.75) is 59.4 Å². The van der Waals surface area contributed by atoms with Gasteiger partial charge in [0.15, 0.2) is 8.32 Å². The molecule has 0 radical (unpaired) electrons. The Hall–Kier alpha value is 0.177. The molecule has 78 valence electrons. The highest BCUT2D eigenvalue weighted by atomic mass is 28.4. The lowest BCUT2D eigenvalue weighted by atomic mass is 9.69. The van der Waals surface area contributed by atoms with Crippen molar-refractivity contribution >= 4 is 8.32 Å². The van der Waals surface area contributed by atoms with Gasteiger partial charge in [0.1, 0.15) is 0 Å². The summed E-state index contributed by atoms with van der Waals surface area (Å²) in [5.74, 6) is 0.776. The highest BCUT2D eigenvalue weighted by Crippen LogP contribution is 2.49. The molecule has 1 fully saturated rings. The van der Waals surface area contributed by atoms with E-state index in [4.69, 9.17) is 4.43 Å². The van der Waals surface area contributed by atoms with Gasteiger partial charge in [0.25, 0.3) is 0 Å². The normalized spacial score (nSPS) is 35.8. The van der Waals surface area contributed by atoms with Crippen LogP contribution in [0.2, 0.25) is 19.1 Å². The molecule has 1 atom stereocenters. The summed E-state index contributed by atoms with van der Waals surface area (Å²) in [5, 5.41) is 0. The molecule has 0 bridgehead atoms. The minimum Gasteiger partial charge on any atom is -0.412 e. The molecule has 1 nitrogen and oxygen atoms in total. The summed E-state index contributed by atoms with van der Waals surface area (Å²) in [7, 11) is -1.38. The molecule has 0 aromatic rings. The molecule has 1 heterocycles. The molecule has 0 saturated carbocycles. The highest BCUT2D eigenvalue weighted by molar-refractivity contribution is 6.71. The Kier molecular flexibility index (Phi) is 2.45. The Balaban J connectivity index is 2.96. The van der Waals surface area contributed by atoms with Crippen LogP contribution in [-0.2, 0) is 4.43 Å². The predicted octanol–water partition coefficient (Wildman–Crippen LogP) is 3.66. The van der Waals surface area contributed by atoms with Gasteiger partial charge in [-0.15, -0.1) is 0 Å². The fraction of sp³-hybridized carbons (Fsp3) is 1.00. The molecular weight excluding hydrogens is 176 g/mol. The third-order valence-corrected chi connectivity index (χ3v) is 6.77. The maximum atomic E-state index is 6.29. The zero-order chi connectivity index (χ0) is 10.5. The predicted molar refractivity (Wildman–Crippen MR) is 60.4 cm³/mol. The molecule has 1 aliphatic heterocycles. The van der Waals surface area contributed by atoms with E-state index in [2.05, 4.69) is 47.7 Å². The van der Waals surface area contributed by atoms with Crippen LogP contribution in [-0.4, -0.2) is 13.9 Å². The first kappa shape index (κ1) is 11.3. The van der Waals surface area contributed by atoms with Gasteiger partial charge in [-0.25, -0.2) is 0 Å². The van der Waals surface area contributed by atoms with Crippen molar-refractivity contribution in [3.63, 3.8) is 0 Å². The van der Waals surface area contributed by atoms with E-state index in [1.807, 2.05) is 0 Å². The maximum absolute atomic E-state index is 6.29. The average Bonchev–Trinajstić information content (AvgIpc) is 1.80.